The molecule has 1 N–H and O–H groups in total. The van der Waals surface area contributed by atoms with Gasteiger partial charge in [-0.15, -0.1) is 0 Å². The zero-order valence-electron chi connectivity index (χ0n) is 23.0. The Balaban J connectivity index is 2.07. The van der Waals surface area contributed by atoms with Gasteiger partial charge in [-0.3, -0.25) is 13.9 Å². The summed E-state index contributed by atoms with van der Waals surface area (Å²) in [4.78, 5) is 29.1. The van der Waals surface area contributed by atoms with Gasteiger partial charge in [-0.05, 0) is 56.5 Å². The van der Waals surface area contributed by atoms with Crippen molar-refractivity contribution in [3.63, 3.8) is 0 Å². The van der Waals surface area contributed by atoms with Crippen LogP contribution in [0.3, 0.4) is 0 Å². The van der Waals surface area contributed by atoms with E-state index in [0.717, 1.165) is 27.3 Å². The standard InChI is InChI=1S/C30H36ClN3O4S/c1-21(2)32-30(36)28(18-24-10-7-6-8-11-24)33(19-25-16-14-22(3)15-17-25)29(35)20-34(39(5,37)38)27-13-9-12-26(31)23(27)4/h6-17,21,28H,18-20H2,1-5H3,(H,32,36). The van der Waals surface area contributed by atoms with Gasteiger partial charge in [0.2, 0.25) is 21.8 Å². The third kappa shape index (κ3) is 8.31. The van der Waals surface area contributed by atoms with Crippen LogP contribution in [0.5, 0.6) is 0 Å². The maximum atomic E-state index is 14.1. The van der Waals surface area contributed by atoms with Gasteiger partial charge in [-0.1, -0.05) is 77.8 Å². The number of sulfonamides is 1. The quantitative estimate of drug-likeness (QED) is 0.356. The van der Waals surface area contributed by atoms with Crippen molar-refractivity contribution in [2.75, 3.05) is 17.1 Å². The molecule has 208 valence electrons. The summed E-state index contributed by atoms with van der Waals surface area (Å²) in [6, 6.07) is 21.1. The van der Waals surface area contributed by atoms with E-state index < -0.39 is 28.5 Å². The summed E-state index contributed by atoms with van der Waals surface area (Å²) in [6.07, 6.45) is 1.32. The lowest BCUT2D eigenvalue weighted by atomic mass is 10.0. The number of amides is 2. The number of aryl methyl sites for hydroxylation is 1. The van der Waals surface area contributed by atoms with Crippen molar-refractivity contribution in [1.82, 2.24) is 10.2 Å². The molecule has 0 aliphatic carbocycles. The van der Waals surface area contributed by atoms with Crippen LogP contribution < -0.4 is 9.62 Å². The Morgan fingerprint density at radius 2 is 1.54 bits per heavy atom. The lowest BCUT2D eigenvalue weighted by Gasteiger charge is -2.34. The second kappa shape index (κ2) is 13.1. The number of hydrogen-bond donors (Lipinski definition) is 1. The zero-order valence-corrected chi connectivity index (χ0v) is 24.6. The van der Waals surface area contributed by atoms with E-state index in [1.54, 1.807) is 25.1 Å². The number of hydrogen-bond acceptors (Lipinski definition) is 4. The fourth-order valence-corrected chi connectivity index (χ4v) is 5.36. The van der Waals surface area contributed by atoms with Gasteiger partial charge in [0.15, 0.2) is 0 Å². The van der Waals surface area contributed by atoms with Crippen molar-refractivity contribution in [3.05, 3.63) is 100 Å². The molecule has 3 aromatic rings. The molecule has 3 aromatic carbocycles. The van der Waals surface area contributed by atoms with Crippen LogP contribution in [0.2, 0.25) is 5.02 Å². The van der Waals surface area contributed by atoms with Crippen molar-refractivity contribution in [2.45, 2.75) is 52.7 Å². The Hall–Kier alpha value is -3.36. The third-order valence-corrected chi connectivity index (χ3v) is 7.90. The minimum atomic E-state index is -3.86. The summed E-state index contributed by atoms with van der Waals surface area (Å²) in [5.41, 5.74) is 3.64. The molecule has 3 rings (SSSR count). The highest BCUT2D eigenvalue weighted by Gasteiger charge is 2.33. The molecule has 0 heterocycles. The van der Waals surface area contributed by atoms with Crippen LogP contribution in [0.4, 0.5) is 5.69 Å². The van der Waals surface area contributed by atoms with E-state index in [0.29, 0.717) is 16.3 Å². The smallest absolute Gasteiger partial charge is 0.244 e. The van der Waals surface area contributed by atoms with Gasteiger partial charge in [0, 0.05) is 24.0 Å². The van der Waals surface area contributed by atoms with E-state index in [9.17, 15) is 18.0 Å². The fourth-order valence-electron chi connectivity index (χ4n) is 4.29. The second-order valence-corrected chi connectivity index (χ2v) is 12.3. The molecular weight excluding hydrogens is 534 g/mol. The molecule has 0 radical (unpaired) electrons. The first-order valence-corrected chi connectivity index (χ1v) is 15.0. The lowest BCUT2D eigenvalue weighted by Crippen LogP contribution is -2.54. The largest absolute Gasteiger partial charge is 0.352 e. The van der Waals surface area contributed by atoms with Gasteiger partial charge < -0.3 is 10.2 Å². The first-order chi connectivity index (χ1) is 18.4. The Bertz CT molecular complexity index is 1390. The molecule has 0 saturated carbocycles. The van der Waals surface area contributed by atoms with E-state index >= 15 is 0 Å². The number of carbonyl (C=O) groups excluding carboxylic acids is 2. The van der Waals surface area contributed by atoms with E-state index in [1.807, 2.05) is 75.4 Å². The van der Waals surface area contributed by atoms with Gasteiger partial charge in [-0.2, -0.15) is 0 Å². The van der Waals surface area contributed by atoms with Gasteiger partial charge >= 0.3 is 0 Å². The molecule has 0 bridgehead atoms. The first-order valence-electron chi connectivity index (χ1n) is 12.8. The van der Waals surface area contributed by atoms with Crippen molar-refractivity contribution >= 4 is 39.1 Å². The van der Waals surface area contributed by atoms with Crippen LogP contribution >= 0.6 is 11.6 Å². The molecule has 1 atom stereocenters. The molecule has 39 heavy (non-hydrogen) atoms. The molecule has 0 aromatic heterocycles. The van der Waals surface area contributed by atoms with Crippen LogP contribution in [-0.4, -0.2) is 50.0 Å². The summed E-state index contributed by atoms with van der Waals surface area (Å²) in [6.45, 7) is 7.05. The number of rotatable bonds is 11. The Labute approximate surface area is 236 Å². The number of halogens is 1. The number of carbonyl (C=O) groups is 2. The Kier molecular flexibility index (Phi) is 10.2. The second-order valence-electron chi connectivity index (χ2n) is 10.0. The molecule has 1 unspecified atom stereocenters. The number of nitrogens with zero attached hydrogens (tertiary/aromatic N) is 2. The SMILES string of the molecule is Cc1ccc(CN(C(=O)CN(c2cccc(Cl)c2C)S(C)(=O)=O)C(Cc2ccccc2)C(=O)NC(C)C)cc1. The maximum absolute atomic E-state index is 14.1. The summed E-state index contributed by atoms with van der Waals surface area (Å²) >= 11 is 6.29. The molecule has 0 saturated heterocycles. The molecule has 9 heteroatoms. The number of nitrogens with one attached hydrogen (secondary N) is 1. The van der Waals surface area contributed by atoms with Crippen molar-refractivity contribution in [3.8, 4) is 0 Å². The van der Waals surface area contributed by atoms with Gasteiger partial charge in [0.05, 0.1) is 11.9 Å². The monoisotopic (exact) mass is 569 g/mol. The first kappa shape index (κ1) is 30.2. The Morgan fingerprint density at radius 1 is 0.897 bits per heavy atom. The highest BCUT2D eigenvalue weighted by atomic mass is 35.5. The summed E-state index contributed by atoms with van der Waals surface area (Å²) in [5, 5.41) is 3.34. The van der Waals surface area contributed by atoms with Gasteiger partial charge in [0.1, 0.15) is 12.6 Å². The fraction of sp³-hybridized carbons (Fsp3) is 0.333. The Morgan fingerprint density at radius 3 is 2.13 bits per heavy atom. The number of anilines is 1. The van der Waals surface area contributed by atoms with E-state index in [4.69, 9.17) is 11.6 Å². The lowest BCUT2D eigenvalue weighted by molar-refractivity contribution is -0.140. The van der Waals surface area contributed by atoms with Crippen LogP contribution in [0.1, 0.15) is 36.1 Å². The van der Waals surface area contributed by atoms with Gasteiger partial charge in [0.25, 0.3) is 0 Å². The van der Waals surface area contributed by atoms with E-state index in [-0.39, 0.29) is 24.9 Å². The minimum Gasteiger partial charge on any atom is -0.352 e. The predicted molar refractivity (Wildman–Crippen MR) is 157 cm³/mol. The molecule has 7 nitrogen and oxygen atoms in total. The highest BCUT2D eigenvalue weighted by Crippen LogP contribution is 2.28. The molecule has 0 fully saturated rings. The van der Waals surface area contributed by atoms with Crippen molar-refractivity contribution in [2.24, 2.45) is 0 Å². The van der Waals surface area contributed by atoms with Crippen molar-refractivity contribution in [1.29, 1.82) is 0 Å². The highest BCUT2D eigenvalue weighted by molar-refractivity contribution is 7.92. The van der Waals surface area contributed by atoms with Crippen LogP contribution in [0, 0.1) is 13.8 Å². The molecule has 0 spiro atoms. The summed E-state index contributed by atoms with van der Waals surface area (Å²) in [7, 11) is -3.86. The zero-order chi connectivity index (χ0) is 28.7. The molecular formula is C30H36ClN3O4S. The van der Waals surface area contributed by atoms with Crippen LogP contribution in [0.25, 0.3) is 0 Å². The molecule has 0 aliphatic rings. The van der Waals surface area contributed by atoms with Crippen molar-refractivity contribution < 1.29 is 18.0 Å². The topological polar surface area (TPSA) is 86.8 Å². The summed E-state index contributed by atoms with van der Waals surface area (Å²) in [5.74, 6) is -0.806. The minimum absolute atomic E-state index is 0.133. The average molecular weight is 570 g/mol. The van der Waals surface area contributed by atoms with Gasteiger partial charge in [-0.25, -0.2) is 8.42 Å². The average Bonchev–Trinajstić information content (AvgIpc) is 2.87. The number of benzene rings is 3. The normalized spacial score (nSPS) is 12.2. The van der Waals surface area contributed by atoms with E-state index in [1.165, 1.54) is 4.90 Å². The maximum Gasteiger partial charge on any atom is 0.244 e. The third-order valence-electron chi connectivity index (χ3n) is 6.36. The van der Waals surface area contributed by atoms with E-state index in [2.05, 4.69) is 5.32 Å². The van der Waals surface area contributed by atoms with Crippen LogP contribution in [-0.2, 0) is 32.6 Å². The molecule has 0 aliphatic heterocycles. The predicted octanol–water partition coefficient (Wildman–Crippen LogP) is 4.89. The van der Waals surface area contributed by atoms with Crippen LogP contribution in [0.15, 0.2) is 72.8 Å². The molecule has 2 amide bonds. The summed E-state index contributed by atoms with van der Waals surface area (Å²) < 4.78 is 26.9.